The maximum atomic E-state index is 13.3. The molecule has 0 radical (unpaired) electrons. The van der Waals surface area contributed by atoms with Crippen molar-refractivity contribution in [2.75, 3.05) is 0 Å². The lowest BCUT2D eigenvalue weighted by atomic mass is 9.92. The first-order valence-electron chi connectivity index (χ1n) is 10.7. The van der Waals surface area contributed by atoms with E-state index in [4.69, 9.17) is 9.78 Å². The SMILES string of the molecule is C=C(c1ccc(F)cc1)c1ccc(CC=C(C)C)c(O)c1C(=O)OOC1CCCCC1. The van der Waals surface area contributed by atoms with Crippen molar-refractivity contribution in [3.8, 4) is 5.75 Å². The molecule has 4 nitrogen and oxygen atoms in total. The summed E-state index contributed by atoms with van der Waals surface area (Å²) in [5.74, 6) is -1.28. The quantitative estimate of drug-likeness (QED) is 0.312. The molecule has 0 aliphatic heterocycles. The molecule has 3 rings (SSSR count). The number of phenolic OH excluding ortho intramolecular Hbond substituents is 1. The summed E-state index contributed by atoms with van der Waals surface area (Å²) in [5, 5.41) is 10.9. The molecule has 0 atom stereocenters. The minimum Gasteiger partial charge on any atom is -0.507 e. The molecule has 0 aromatic heterocycles. The Labute approximate surface area is 182 Å². The third-order valence-corrected chi connectivity index (χ3v) is 5.53. The molecule has 1 saturated carbocycles. The zero-order valence-corrected chi connectivity index (χ0v) is 18.1. The van der Waals surface area contributed by atoms with Gasteiger partial charge in [0.25, 0.3) is 0 Å². The Bertz CT molecular complexity index is 966. The number of hydrogen-bond acceptors (Lipinski definition) is 4. The van der Waals surface area contributed by atoms with Crippen molar-refractivity contribution in [2.45, 2.75) is 58.5 Å². The summed E-state index contributed by atoms with van der Waals surface area (Å²) in [6.45, 7) is 8.00. The van der Waals surface area contributed by atoms with Crippen molar-refractivity contribution in [2.24, 2.45) is 0 Å². The first kappa shape index (κ1) is 22.8. The number of aromatic hydroxyl groups is 1. The van der Waals surface area contributed by atoms with E-state index in [-0.39, 0.29) is 23.2 Å². The van der Waals surface area contributed by atoms with Gasteiger partial charge in [0.2, 0.25) is 0 Å². The van der Waals surface area contributed by atoms with Gasteiger partial charge in [0.1, 0.15) is 23.2 Å². The number of rotatable bonds is 7. The van der Waals surface area contributed by atoms with Crippen LogP contribution in [0.1, 0.15) is 73.0 Å². The molecule has 0 amide bonds. The molecule has 0 bridgehead atoms. The van der Waals surface area contributed by atoms with E-state index in [9.17, 15) is 14.3 Å². The Morgan fingerprint density at radius 2 is 1.81 bits per heavy atom. The normalized spacial score (nSPS) is 14.2. The first-order chi connectivity index (χ1) is 14.9. The number of phenols is 1. The van der Waals surface area contributed by atoms with Gasteiger partial charge in [-0.15, -0.1) is 0 Å². The second kappa shape index (κ2) is 10.4. The van der Waals surface area contributed by atoms with E-state index in [1.807, 2.05) is 19.9 Å². The lowest BCUT2D eigenvalue weighted by molar-refractivity contribution is -0.279. The molecule has 1 N–H and O–H groups in total. The van der Waals surface area contributed by atoms with E-state index in [2.05, 4.69) is 6.58 Å². The number of benzene rings is 2. The van der Waals surface area contributed by atoms with Gasteiger partial charge in [0.15, 0.2) is 0 Å². The molecule has 1 aliphatic carbocycles. The molecule has 31 heavy (non-hydrogen) atoms. The van der Waals surface area contributed by atoms with Gasteiger partial charge < -0.3 is 5.11 Å². The van der Waals surface area contributed by atoms with Gasteiger partial charge in [-0.3, -0.25) is 4.89 Å². The van der Waals surface area contributed by atoms with Crippen LogP contribution < -0.4 is 0 Å². The molecule has 0 heterocycles. The van der Waals surface area contributed by atoms with Gasteiger partial charge in [-0.05, 0) is 61.9 Å². The Balaban J connectivity index is 1.93. The lowest BCUT2D eigenvalue weighted by Crippen LogP contribution is -2.20. The Morgan fingerprint density at radius 3 is 2.45 bits per heavy atom. The number of allylic oxidation sites excluding steroid dienone is 2. The summed E-state index contributed by atoms with van der Waals surface area (Å²) in [6, 6.07) is 9.31. The molecular weight excluding hydrogens is 395 g/mol. The van der Waals surface area contributed by atoms with E-state index in [1.54, 1.807) is 24.3 Å². The molecule has 2 aromatic rings. The van der Waals surface area contributed by atoms with E-state index in [1.165, 1.54) is 12.1 Å². The monoisotopic (exact) mass is 424 g/mol. The van der Waals surface area contributed by atoms with Crippen LogP contribution >= 0.6 is 0 Å². The molecule has 0 unspecified atom stereocenters. The standard InChI is InChI=1S/C26H29FO4/c1-17(2)9-10-20-13-16-23(18(3)19-11-14-21(27)15-12-19)24(25(20)28)26(29)31-30-22-7-5-4-6-8-22/h9,11-16,22,28H,3-8,10H2,1-2H3. The highest BCUT2D eigenvalue weighted by atomic mass is 19.1. The Morgan fingerprint density at radius 1 is 1.13 bits per heavy atom. The third kappa shape index (κ3) is 5.82. The predicted octanol–water partition coefficient (Wildman–Crippen LogP) is 6.52. The lowest BCUT2D eigenvalue weighted by Gasteiger charge is -2.21. The smallest absolute Gasteiger partial charge is 0.377 e. The second-order valence-electron chi connectivity index (χ2n) is 8.19. The van der Waals surface area contributed by atoms with Crippen molar-refractivity contribution in [1.29, 1.82) is 0 Å². The van der Waals surface area contributed by atoms with Crippen LogP contribution in [0, 0.1) is 5.82 Å². The number of carbonyl (C=O) groups is 1. The van der Waals surface area contributed by atoms with Crippen molar-refractivity contribution in [1.82, 2.24) is 0 Å². The predicted molar refractivity (Wildman–Crippen MR) is 119 cm³/mol. The van der Waals surface area contributed by atoms with Crippen LogP contribution in [0.15, 0.2) is 54.6 Å². The molecule has 1 fully saturated rings. The van der Waals surface area contributed by atoms with Crippen molar-refractivity contribution in [3.63, 3.8) is 0 Å². The summed E-state index contributed by atoms with van der Waals surface area (Å²) in [6.07, 6.45) is 7.24. The fourth-order valence-electron chi connectivity index (χ4n) is 3.69. The van der Waals surface area contributed by atoms with Crippen LogP contribution in [0.3, 0.4) is 0 Å². The fraction of sp³-hybridized carbons (Fsp3) is 0.346. The second-order valence-corrected chi connectivity index (χ2v) is 8.19. The first-order valence-corrected chi connectivity index (χ1v) is 10.7. The third-order valence-electron chi connectivity index (χ3n) is 5.53. The van der Waals surface area contributed by atoms with Crippen LogP contribution in [0.5, 0.6) is 5.75 Å². The minimum absolute atomic E-state index is 0.00444. The largest absolute Gasteiger partial charge is 0.507 e. The minimum atomic E-state index is -0.764. The Hall–Kier alpha value is -2.92. The highest BCUT2D eigenvalue weighted by molar-refractivity contribution is 6.00. The fourth-order valence-corrected chi connectivity index (χ4v) is 3.69. The van der Waals surface area contributed by atoms with Crippen LogP contribution in [0.4, 0.5) is 4.39 Å². The summed E-state index contributed by atoms with van der Waals surface area (Å²) in [5.41, 5.74) is 3.24. The molecule has 0 spiro atoms. The number of halogens is 1. The average Bonchev–Trinajstić information content (AvgIpc) is 2.77. The van der Waals surface area contributed by atoms with Crippen LogP contribution in [-0.4, -0.2) is 17.2 Å². The maximum absolute atomic E-state index is 13.3. The topological polar surface area (TPSA) is 55.8 Å². The van der Waals surface area contributed by atoms with Crippen LogP contribution in [0.2, 0.25) is 0 Å². The molecule has 1 aliphatic rings. The van der Waals surface area contributed by atoms with E-state index in [0.717, 1.165) is 37.7 Å². The van der Waals surface area contributed by atoms with Crippen LogP contribution in [0.25, 0.3) is 5.57 Å². The van der Waals surface area contributed by atoms with Crippen molar-refractivity contribution in [3.05, 3.63) is 82.7 Å². The van der Waals surface area contributed by atoms with Gasteiger partial charge in [-0.2, -0.15) is 4.89 Å². The van der Waals surface area contributed by atoms with E-state index in [0.29, 0.717) is 28.7 Å². The van der Waals surface area contributed by atoms with E-state index < -0.39 is 5.97 Å². The number of carbonyl (C=O) groups excluding carboxylic acids is 1. The molecule has 0 saturated heterocycles. The average molecular weight is 425 g/mol. The van der Waals surface area contributed by atoms with Gasteiger partial charge in [-0.25, -0.2) is 9.18 Å². The zero-order valence-electron chi connectivity index (χ0n) is 18.1. The molecule has 5 heteroatoms. The van der Waals surface area contributed by atoms with Gasteiger partial charge in [0, 0.05) is 5.56 Å². The maximum Gasteiger partial charge on any atom is 0.377 e. The Kier molecular flexibility index (Phi) is 7.64. The summed E-state index contributed by atoms with van der Waals surface area (Å²) < 4.78 is 13.3. The molecular formula is C26H29FO4. The summed E-state index contributed by atoms with van der Waals surface area (Å²) in [4.78, 5) is 23.5. The van der Waals surface area contributed by atoms with Crippen molar-refractivity contribution >= 4 is 11.5 Å². The van der Waals surface area contributed by atoms with E-state index >= 15 is 0 Å². The number of hydrogen-bond donors (Lipinski definition) is 1. The molecule has 2 aromatic carbocycles. The summed E-state index contributed by atoms with van der Waals surface area (Å²) in [7, 11) is 0. The zero-order chi connectivity index (χ0) is 22.4. The summed E-state index contributed by atoms with van der Waals surface area (Å²) >= 11 is 0. The van der Waals surface area contributed by atoms with Gasteiger partial charge in [0.05, 0.1) is 0 Å². The van der Waals surface area contributed by atoms with Crippen molar-refractivity contribution < 1.29 is 24.1 Å². The molecule has 164 valence electrons. The highest BCUT2D eigenvalue weighted by Crippen LogP contribution is 2.34. The van der Waals surface area contributed by atoms with Crippen LogP contribution in [-0.2, 0) is 16.2 Å². The van der Waals surface area contributed by atoms with Gasteiger partial charge in [-0.1, -0.05) is 61.8 Å². The highest BCUT2D eigenvalue weighted by Gasteiger charge is 2.25. The van der Waals surface area contributed by atoms with Gasteiger partial charge >= 0.3 is 5.97 Å².